The molecule has 0 saturated heterocycles. The van der Waals surface area contributed by atoms with E-state index in [1.54, 1.807) is 25.2 Å². The van der Waals surface area contributed by atoms with E-state index in [0.717, 1.165) is 16.9 Å². The summed E-state index contributed by atoms with van der Waals surface area (Å²) in [7, 11) is 5.66. The van der Waals surface area contributed by atoms with Crippen molar-refractivity contribution in [1.82, 2.24) is 4.90 Å². The first-order valence-corrected chi connectivity index (χ1v) is 7.45. The molecule has 5 heteroatoms. The third-order valence-corrected chi connectivity index (χ3v) is 3.71. The lowest BCUT2D eigenvalue weighted by molar-refractivity contribution is 0.220. The topological polar surface area (TPSA) is 55.8 Å². The van der Waals surface area contributed by atoms with Gasteiger partial charge in [-0.05, 0) is 36.8 Å². The molecule has 0 saturated carbocycles. The van der Waals surface area contributed by atoms with Crippen LogP contribution >= 0.6 is 0 Å². The van der Waals surface area contributed by atoms with Crippen molar-refractivity contribution in [3.63, 3.8) is 0 Å². The van der Waals surface area contributed by atoms with E-state index in [1.165, 1.54) is 4.90 Å². The van der Waals surface area contributed by atoms with Gasteiger partial charge in [0.05, 0.1) is 6.54 Å². The predicted octanol–water partition coefficient (Wildman–Crippen LogP) is 3.43. The Morgan fingerprint density at radius 3 is 2.43 bits per heavy atom. The van der Waals surface area contributed by atoms with E-state index in [0.29, 0.717) is 12.1 Å². The molecule has 0 fully saturated rings. The highest BCUT2D eigenvalue weighted by atomic mass is 16.3. The fourth-order valence-corrected chi connectivity index (χ4v) is 2.25. The first kappa shape index (κ1) is 16.7. The van der Waals surface area contributed by atoms with Crippen LogP contribution in [0.25, 0.3) is 0 Å². The molecule has 0 spiro atoms. The Bertz CT molecular complexity index is 698. The van der Waals surface area contributed by atoms with E-state index in [1.807, 2.05) is 50.2 Å². The lowest BCUT2D eigenvalue weighted by atomic mass is 10.1. The number of para-hydroxylation sites is 1. The molecule has 23 heavy (non-hydrogen) atoms. The van der Waals surface area contributed by atoms with Crippen LogP contribution in [0.3, 0.4) is 0 Å². The molecule has 0 aliphatic heterocycles. The summed E-state index contributed by atoms with van der Waals surface area (Å²) < 4.78 is 0. The van der Waals surface area contributed by atoms with E-state index < -0.39 is 0 Å². The van der Waals surface area contributed by atoms with E-state index in [2.05, 4.69) is 5.32 Å². The number of nitrogens with zero attached hydrogens (tertiary/aromatic N) is 2. The van der Waals surface area contributed by atoms with Crippen LogP contribution in [-0.2, 0) is 6.54 Å². The Hall–Kier alpha value is -2.69. The number of anilines is 2. The Kier molecular flexibility index (Phi) is 5.11. The number of hydrogen-bond donors (Lipinski definition) is 2. The largest absolute Gasteiger partial charge is 0.508 e. The second-order valence-electron chi connectivity index (χ2n) is 5.81. The van der Waals surface area contributed by atoms with Gasteiger partial charge in [0.2, 0.25) is 0 Å². The minimum absolute atomic E-state index is 0.193. The number of rotatable bonds is 4. The zero-order valence-corrected chi connectivity index (χ0v) is 14.0. The highest BCUT2D eigenvalue weighted by molar-refractivity contribution is 5.90. The molecule has 2 aromatic rings. The van der Waals surface area contributed by atoms with Gasteiger partial charge in [0, 0.05) is 38.1 Å². The van der Waals surface area contributed by atoms with Crippen LogP contribution in [0.1, 0.15) is 11.1 Å². The molecular weight excluding hydrogens is 290 g/mol. The molecule has 2 amide bonds. The molecule has 0 aliphatic carbocycles. The second kappa shape index (κ2) is 7.05. The van der Waals surface area contributed by atoms with Crippen LogP contribution in [0.5, 0.6) is 5.75 Å². The quantitative estimate of drug-likeness (QED) is 0.909. The molecule has 0 heterocycles. The molecule has 0 bridgehead atoms. The number of carbonyl (C=O) groups is 1. The molecular formula is C18H23N3O2. The van der Waals surface area contributed by atoms with Gasteiger partial charge >= 0.3 is 6.03 Å². The van der Waals surface area contributed by atoms with Crippen molar-refractivity contribution in [2.75, 3.05) is 31.4 Å². The SMILES string of the molecule is Cc1cc(N(C)C)ccc1NC(=O)N(C)Cc1ccccc1O. The van der Waals surface area contributed by atoms with Crippen LogP contribution in [0, 0.1) is 6.92 Å². The molecule has 0 atom stereocenters. The first-order chi connectivity index (χ1) is 10.9. The Balaban J connectivity index is 2.05. The number of aryl methyl sites for hydroxylation is 1. The number of urea groups is 1. The molecule has 122 valence electrons. The van der Waals surface area contributed by atoms with Gasteiger partial charge in [-0.2, -0.15) is 0 Å². The average Bonchev–Trinajstić information content (AvgIpc) is 2.51. The van der Waals surface area contributed by atoms with Crippen molar-refractivity contribution in [3.05, 3.63) is 53.6 Å². The Morgan fingerprint density at radius 2 is 1.83 bits per heavy atom. The fraction of sp³-hybridized carbons (Fsp3) is 0.278. The highest BCUT2D eigenvalue weighted by Crippen LogP contribution is 2.22. The number of hydrogen-bond acceptors (Lipinski definition) is 3. The molecule has 5 nitrogen and oxygen atoms in total. The standard InChI is InChI=1S/C18H23N3O2/c1-13-11-15(20(2)3)9-10-16(13)19-18(23)21(4)12-14-7-5-6-8-17(14)22/h5-11,22H,12H2,1-4H3,(H,19,23). The Morgan fingerprint density at radius 1 is 1.13 bits per heavy atom. The summed E-state index contributed by atoms with van der Waals surface area (Å²) in [5.74, 6) is 0.193. The van der Waals surface area contributed by atoms with Crippen molar-refractivity contribution in [2.45, 2.75) is 13.5 Å². The molecule has 0 radical (unpaired) electrons. The number of phenols is 1. The van der Waals surface area contributed by atoms with E-state index >= 15 is 0 Å². The van der Waals surface area contributed by atoms with Crippen LogP contribution in [0.15, 0.2) is 42.5 Å². The highest BCUT2D eigenvalue weighted by Gasteiger charge is 2.12. The van der Waals surface area contributed by atoms with Crippen LogP contribution in [0.2, 0.25) is 0 Å². The molecule has 0 aliphatic rings. The minimum Gasteiger partial charge on any atom is -0.508 e. The summed E-state index contributed by atoms with van der Waals surface area (Å²) in [6, 6.07) is 12.7. The third-order valence-electron chi connectivity index (χ3n) is 3.71. The van der Waals surface area contributed by atoms with Crippen molar-refractivity contribution in [3.8, 4) is 5.75 Å². The number of nitrogens with one attached hydrogen (secondary N) is 1. The van der Waals surface area contributed by atoms with Crippen LogP contribution < -0.4 is 10.2 Å². The van der Waals surface area contributed by atoms with Crippen molar-refractivity contribution >= 4 is 17.4 Å². The van der Waals surface area contributed by atoms with E-state index in [-0.39, 0.29) is 11.8 Å². The van der Waals surface area contributed by atoms with Gasteiger partial charge in [0.1, 0.15) is 5.75 Å². The molecule has 0 aromatic heterocycles. The van der Waals surface area contributed by atoms with Crippen molar-refractivity contribution in [2.24, 2.45) is 0 Å². The van der Waals surface area contributed by atoms with Gasteiger partial charge in [-0.15, -0.1) is 0 Å². The predicted molar refractivity (Wildman–Crippen MR) is 94.1 cm³/mol. The summed E-state index contributed by atoms with van der Waals surface area (Å²) in [6.45, 7) is 2.30. The minimum atomic E-state index is -0.214. The van der Waals surface area contributed by atoms with Gasteiger partial charge in [-0.3, -0.25) is 0 Å². The molecule has 2 N–H and O–H groups in total. The lowest BCUT2D eigenvalue weighted by Crippen LogP contribution is -2.31. The van der Waals surface area contributed by atoms with Gasteiger partial charge in [0.15, 0.2) is 0 Å². The summed E-state index contributed by atoms with van der Waals surface area (Å²) in [6.07, 6.45) is 0. The number of carbonyl (C=O) groups excluding carboxylic acids is 1. The lowest BCUT2D eigenvalue weighted by Gasteiger charge is -2.20. The van der Waals surface area contributed by atoms with Crippen molar-refractivity contribution < 1.29 is 9.90 Å². The maximum absolute atomic E-state index is 12.3. The first-order valence-electron chi connectivity index (χ1n) is 7.45. The molecule has 2 aromatic carbocycles. The number of aromatic hydroxyl groups is 1. The average molecular weight is 313 g/mol. The second-order valence-corrected chi connectivity index (χ2v) is 5.81. The molecule has 0 unspecified atom stereocenters. The zero-order chi connectivity index (χ0) is 17.0. The van der Waals surface area contributed by atoms with E-state index in [9.17, 15) is 9.90 Å². The number of benzene rings is 2. The smallest absolute Gasteiger partial charge is 0.321 e. The maximum Gasteiger partial charge on any atom is 0.321 e. The third kappa shape index (κ3) is 4.16. The summed E-state index contributed by atoms with van der Waals surface area (Å²) in [4.78, 5) is 15.9. The summed E-state index contributed by atoms with van der Waals surface area (Å²) in [5.41, 5.74) is 3.58. The number of amides is 2. The monoisotopic (exact) mass is 313 g/mol. The maximum atomic E-state index is 12.3. The van der Waals surface area contributed by atoms with Gasteiger partial charge in [-0.25, -0.2) is 4.79 Å². The van der Waals surface area contributed by atoms with Gasteiger partial charge in [-0.1, -0.05) is 18.2 Å². The Labute approximate surface area is 137 Å². The normalized spacial score (nSPS) is 10.3. The number of phenolic OH excluding ortho intramolecular Hbond substituents is 1. The molecule has 2 rings (SSSR count). The van der Waals surface area contributed by atoms with Gasteiger partial charge < -0.3 is 20.2 Å². The summed E-state index contributed by atoms with van der Waals surface area (Å²) in [5, 5.41) is 12.7. The zero-order valence-electron chi connectivity index (χ0n) is 14.0. The van der Waals surface area contributed by atoms with Crippen LogP contribution in [-0.4, -0.2) is 37.2 Å². The fourth-order valence-electron chi connectivity index (χ4n) is 2.25. The summed E-state index contributed by atoms with van der Waals surface area (Å²) >= 11 is 0. The van der Waals surface area contributed by atoms with Gasteiger partial charge in [0.25, 0.3) is 0 Å². The van der Waals surface area contributed by atoms with E-state index in [4.69, 9.17) is 0 Å². The van der Waals surface area contributed by atoms with Crippen LogP contribution in [0.4, 0.5) is 16.2 Å². The van der Waals surface area contributed by atoms with Crippen molar-refractivity contribution in [1.29, 1.82) is 0 Å².